The maximum absolute atomic E-state index is 13.3. The number of carbonyl (C=O) groups is 2. The van der Waals surface area contributed by atoms with Crippen molar-refractivity contribution in [3.8, 4) is 5.75 Å². The molecule has 1 saturated heterocycles. The van der Waals surface area contributed by atoms with E-state index >= 15 is 0 Å². The predicted octanol–water partition coefficient (Wildman–Crippen LogP) is 1.93. The van der Waals surface area contributed by atoms with Crippen LogP contribution < -0.4 is 14.8 Å². The minimum Gasteiger partial charge on any atom is -0.872 e. The van der Waals surface area contributed by atoms with E-state index < -0.39 is 23.5 Å². The van der Waals surface area contributed by atoms with Crippen molar-refractivity contribution in [2.75, 3.05) is 7.11 Å². The summed E-state index contributed by atoms with van der Waals surface area (Å²) in [4.78, 5) is 30.3. The first-order valence-corrected chi connectivity index (χ1v) is 9.51. The van der Waals surface area contributed by atoms with E-state index in [4.69, 9.17) is 4.74 Å². The van der Waals surface area contributed by atoms with Crippen molar-refractivity contribution in [2.24, 2.45) is 0 Å². The molecule has 1 amide bonds. The van der Waals surface area contributed by atoms with Crippen LogP contribution in [0.3, 0.4) is 0 Å². The molecule has 4 rings (SSSR count). The third-order valence-electron chi connectivity index (χ3n) is 5.10. The first-order valence-electron chi connectivity index (χ1n) is 9.51. The predicted molar refractivity (Wildman–Crippen MR) is 108 cm³/mol. The molecule has 0 spiro atoms. The summed E-state index contributed by atoms with van der Waals surface area (Å²) >= 11 is 0. The highest BCUT2D eigenvalue weighted by molar-refractivity contribution is 6.46. The van der Waals surface area contributed by atoms with Crippen molar-refractivity contribution >= 4 is 17.4 Å². The van der Waals surface area contributed by atoms with Gasteiger partial charge in [-0.2, -0.15) is 0 Å². The highest BCUT2D eigenvalue weighted by Crippen LogP contribution is 2.40. The number of hydrogen-bond acceptors (Lipinski definition) is 4. The van der Waals surface area contributed by atoms with Crippen molar-refractivity contribution < 1.29 is 24.4 Å². The first-order chi connectivity index (χ1) is 14.6. The van der Waals surface area contributed by atoms with Crippen molar-refractivity contribution in [3.63, 3.8) is 0 Å². The van der Waals surface area contributed by atoms with Gasteiger partial charge in [0.15, 0.2) is 12.4 Å². The number of H-pyrrole nitrogens is 1. The second-order valence-electron chi connectivity index (χ2n) is 6.96. The Morgan fingerprint density at radius 1 is 1.07 bits per heavy atom. The van der Waals surface area contributed by atoms with Crippen LogP contribution in [0.25, 0.3) is 5.76 Å². The summed E-state index contributed by atoms with van der Waals surface area (Å²) in [6.45, 7) is 0.190. The number of pyridine rings is 1. The van der Waals surface area contributed by atoms with Gasteiger partial charge >= 0.3 is 0 Å². The quantitative estimate of drug-likeness (QED) is 0.372. The van der Waals surface area contributed by atoms with Crippen LogP contribution in [0.15, 0.2) is 84.7 Å². The van der Waals surface area contributed by atoms with E-state index in [-0.39, 0.29) is 12.1 Å². The Morgan fingerprint density at radius 3 is 2.57 bits per heavy atom. The molecule has 1 atom stereocenters. The largest absolute Gasteiger partial charge is 0.872 e. The second kappa shape index (κ2) is 8.21. The molecule has 2 heterocycles. The number of hydrogen-bond donors (Lipinski definition) is 0. The number of nitrogens with one attached hydrogen (secondary N) is 1. The number of aromatic amines is 1. The summed E-state index contributed by atoms with van der Waals surface area (Å²) in [5, 5.41) is 13.3. The number of methoxy groups -OCH3 is 1. The Balaban J connectivity index is 1.87. The Labute approximate surface area is 174 Å². The zero-order valence-corrected chi connectivity index (χ0v) is 16.4. The Hall–Kier alpha value is -3.93. The molecular formula is C24H20N2O4. The van der Waals surface area contributed by atoms with Crippen molar-refractivity contribution in [3.05, 3.63) is 101 Å². The average Bonchev–Trinajstić information content (AvgIpc) is 3.05. The molecule has 0 radical (unpaired) electrons. The van der Waals surface area contributed by atoms with E-state index in [0.717, 1.165) is 5.56 Å². The van der Waals surface area contributed by atoms with Gasteiger partial charge in [0, 0.05) is 17.2 Å². The molecule has 1 aliphatic rings. The fraction of sp³-hybridized carbons (Fsp3) is 0.125. The average molecular weight is 400 g/mol. The molecule has 1 aliphatic heterocycles. The van der Waals surface area contributed by atoms with Crippen LogP contribution in [0.5, 0.6) is 5.75 Å². The number of amides is 1. The maximum Gasteiger partial charge on any atom is 0.295 e. The Morgan fingerprint density at radius 2 is 1.87 bits per heavy atom. The summed E-state index contributed by atoms with van der Waals surface area (Å²) < 4.78 is 5.31. The molecule has 0 saturated carbocycles. The van der Waals surface area contributed by atoms with Gasteiger partial charge in [0.25, 0.3) is 5.91 Å². The summed E-state index contributed by atoms with van der Waals surface area (Å²) in [5.74, 6) is -1.31. The molecule has 1 aromatic heterocycles. The number of benzene rings is 2. The van der Waals surface area contributed by atoms with Crippen molar-refractivity contribution in [2.45, 2.75) is 12.6 Å². The lowest BCUT2D eigenvalue weighted by Crippen LogP contribution is -2.29. The van der Waals surface area contributed by atoms with E-state index in [1.807, 2.05) is 12.1 Å². The highest BCUT2D eigenvalue weighted by atomic mass is 16.5. The number of nitrogens with zero attached hydrogens (tertiary/aromatic N) is 1. The van der Waals surface area contributed by atoms with Gasteiger partial charge in [0.05, 0.1) is 19.7 Å². The minimum atomic E-state index is -0.798. The monoisotopic (exact) mass is 400 g/mol. The Kier molecular flexibility index (Phi) is 5.30. The molecular weight excluding hydrogens is 380 g/mol. The molecule has 2 aromatic carbocycles. The lowest BCUT2D eigenvalue weighted by atomic mass is 9.95. The molecule has 1 fully saturated rings. The molecule has 1 unspecified atom stereocenters. The maximum atomic E-state index is 13.3. The normalized spacial score (nSPS) is 17.9. The smallest absolute Gasteiger partial charge is 0.295 e. The topological polar surface area (TPSA) is 83.8 Å². The fourth-order valence-corrected chi connectivity index (χ4v) is 3.66. The van der Waals surface area contributed by atoms with Gasteiger partial charge in [-0.05, 0) is 29.3 Å². The Bertz CT molecular complexity index is 1110. The van der Waals surface area contributed by atoms with Crippen LogP contribution in [0.2, 0.25) is 0 Å². The molecule has 0 bridgehead atoms. The van der Waals surface area contributed by atoms with Gasteiger partial charge in [-0.25, -0.2) is 4.98 Å². The molecule has 6 nitrogen and oxygen atoms in total. The van der Waals surface area contributed by atoms with Crippen LogP contribution in [0, 0.1) is 0 Å². The summed E-state index contributed by atoms with van der Waals surface area (Å²) in [6.07, 6.45) is 3.52. The molecule has 150 valence electrons. The lowest BCUT2D eigenvalue weighted by molar-refractivity contribution is -0.378. The number of carbonyl (C=O) groups excluding carboxylic acids is 2. The van der Waals surface area contributed by atoms with E-state index in [0.29, 0.717) is 16.9 Å². The first kappa shape index (κ1) is 19.4. The minimum absolute atomic E-state index is 0.0423. The third-order valence-corrected chi connectivity index (χ3v) is 5.10. The SMILES string of the molecule is COc1cccc(C2C(=C([O-])c3ccccc3)C(=O)C(=O)N2Cc2ccc[nH+]c2)c1. The number of Topliss-reactive ketones (excluding diaryl/α,β-unsaturated/α-hetero) is 1. The zero-order valence-electron chi connectivity index (χ0n) is 16.4. The van der Waals surface area contributed by atoms with Crippen LogP contribution in [0.1, 0.15) is 22.7 Å². The summed E-state index contributed by atoms with van der Waals surface area (Å²) in [5.41, 5.74) is 1.79. The van der Waals surface area contributed by atoms with E-state index in [2.05, 4.69) is 4.98 Å². The number of ether oxygens (including phenoxy) is 1. The van der Waals surface area contributed by atoms with Gasteiger partial charge in [0.2, 0.25) is 5.78 Å². The van der Waals surface area contributed by atoms with Crippen LogP contribution >= 0.6 is 0 Å². The van der Waals surface area contributed by atoms with Gasteiger partial charge in [-0.15, -0.1) is 0 Å². The number of rotatable bonds is 5. The van der Waals surface area contributed by atoms with Crippen molar-refractivity contribution in [1.29, 1.82) is 0 Å². The molecule has 0 aliphatic carbocycles. The van der Waals surface area contributed by atoms with Gasteiger partial charge in [-0.3, -0.25) is 9.59 Å². The molecule has 6 heteroatoms. The summed E-state index contributed by atoms with van der Waals surface area (Å²) in [6, 6.07) is 18.5. The standard InChI is InChI=1S/C24H20N2O4/c1-30-19-11-5-10-18(13-19)21-20(22(27)17-8-3-2-4-9-17)23(28)24(29)26(21)15-16-7-6-12-25-14-16/h2-14,21,27H,15H2,1H3. The molecule has 30 heavy (non-hydrogen) atoms. The second-order valence-corrected chi connectivity index (χ2v) is 6.96. The fourth-order valence-electron chi connectivity index (χ4n) is 3.66. The van der Waals surface area contributed by atoms with Gasteiger partial charge in [0.1, 0.15) is 5.75 Å². The van der Waals surface area contributed by atoms with E-state index in [1.165, 1.54) is 4.90 Å². The van der Waals surface area contributed by atoms with Crippen LogP contribution in [0.4, 0.5) is 0 Å². The summed E-state index contributed by atoms with van der Waals surface area (Å²) in [7, 11) is 1.54. The van der Waals surface area contributed by atoms with Crippen molar-refractivity contribution in [1.82, 2.24) is 4.90 Å². The van der Waals surface area contributed by atoms with Gasteiger partial charge in [-0.1, -0.05) is 48.2 Å². The number of likely N-dealkylation sites (tertiary alicyclic amines) is 1. The van der Waals surface area contributed by atoms with Crippen LogP contribution in [-0.2, 0) is 16.1 Å². The third kappa shape index (κ3) is 3.55. The van der Waals surface area contributed by atoms with Gasteiger partial charge < -0.3 is 14.7 Å². The van der Waals surface area contributed by atoms with E-state index in [1.54, 1.807) is 74.1 Å². The zero-order chi connectivity index (χ0) is 21.1. The molecule has 1 N–H and O–H groups in total. The van der Waals surface area contributed by atoms with E-state index in [9.17, 15) is 14.7 Å². The highest BCUT2D eigenvalue weighted by Gasteiger charge is 2.44. The lowest BCUT2D eigenvalue weighted by Gasteiger charge is -2.27. The molecule has 3 aromatic rings. The number of ketones is 1. The number of aromatic nitrogens is 1. The van der Waals surface area contributed by atoms with Crippen LogP contribution in [-0.4, -0.2) is 23.7 Å².